The van der Waals surface area contributed by atoms with Gasteiger partial charge in [-0.3, -0.25) is 0 Å². The van der Waals surface area contributed by atoms with Crippen molar-refractivity contribution in [3.8, 4) is 0 Å². The van der Waals surface area contributed by atoms with Crippen LogP contribution >= 0.6 is 15.9 Å². The first kappa shape index (κ1) is 18.4. The maximum absolute atomic E-state index is 12.8. The summed E-state index contributed by atoms with van der Waals surface area (Å²) in [6.45, 7) is 1.19. The molecule has 0 saturated carbocycles. The van der Waals surface area contributed by atoms with E-state index in [4.69, 9.17) is 4.74 Å². The van der Waals surface area contributed by atoms with Crippen LogP contribution in [0.4, 0.5) is 17.6 Å². The minimum absolute atomic E-state index is 0.0494. The minimum atomic E-state index is -4.10. The van der Waals surface area contributed by atoms with Crippen LogP contribution in [0.15, 0.2) is 28.7 Å². The van der Waals surface area contributed by atoms with Gasteiger partial charge in [0.1, 0.15) is 6.61 Å². The molecule has 0 heterocycles. The predicted octanol–water partition coefficient (Wildman–Crippen LogP) is 3.89. The number of hydrogen-bond acceptors (Lipinski definition) is 2. The Morgan fingerprint density at radius 1 is 1.24 bits per heavy atom. The normalized spacial score (nSPS) is 13.7. The second-order valence-electron chi connectivity index (χ2n) is 4.66. The molecule has 0 aliphatic rings. The Morgan fingerprint density at radius 2 is 1.86 bits per heavy atom. The van der Waals surface area contributed by atoms with Crippen molar-refractivity contribution in [3.05, 3.63) is 34.3 Å². The first-order valence-electron chi connectivity index (χ1n) is 6.56. The number of hydrogen-bond donors (Lipinski definition) is 1. The molecule has 0 aliphatic heterocycles. The number of likely N-dealkylation sites (N-methyl/N-ethyl adjacent to an activating group) is 1. The van der Waals surface area contributed by atoms with Gasteiger partial charge in [-0.15, -0.1) is 0 Å². The predicted molar refractivity (Wildman–Crippen MR) is 77.1 cm³/mol. The van der Waals surface area contributed by atoms with Gasteiger partial charge in [-0.25, -0.2) is 8.78 Å². The lowest BCUT2D eigenvalue weighted by atomic mass is 10.1. The van der Waals surface area contributed by atoms with Crippen LogP contribution in [0.5, 0.6) is 0 Å². The van der Waals surface area contributed by atoms with E-state index in [0.717, 1.165) is 10.0 Å². The Kier molecular flexibility index (Phi) is 7.62. The molecular weight excluding hydrogens is 354 g/mol. The number of halogens is 5. The van der Waals surface area contributed by atoms with Gasteiger partial charge in [-0.05, 0) is 30.7 Å². The summed E-state index contributed by atoms with van der Waals surface area (Å²) >= 11 is 3.33. The van der Waals surface area contributed by atoms with Crippen molar-refractivity contribution in [1.29, 1.82) is 0 Å². The van der Waals surface area contributed by atoms with Gasteiger partial charge >= 0.3 is 12.3 Å². The highest BCUT2D eigenvalue weighted by Gasteiger charge is 2.41. The number of rotatable bonds is 9. The fourth-order valence-electron chi connectivity index (χ4n) is 1.78. The van der Waals surface area contributed by atoms with Crippen molar-refractivity contribution >= 4 is 15.9 Å². The largest absolute Gasteiger partial charge is 0.373 e. The second-order valence-corrected chi connectivity index (χ2v) is 5.58. The van der Waals surface area contributed by atoms with Gasteiger partial charge < -0.3 is 10.1 Å². The summed E-state index contributed by atoms with van der Waals surface area (Å²) in [5.74, 6) is -4.10. The van der Waals surface area contributed by atoms with Gasteiger partial charge in [-0.2, -0.15) is 8.78 Å². The van der Waals surface area contributed by atoms with E-state index in [-0.39, 0.29) is 12.6 Å². The Labute approximate surface area is 130 Å². The lowest BCUT2D eigenvalue weighted by Gasteiger charge is -2.20. The van der Waals surface area contributed by atoms with Crippen LogP contribution in [0.25, 0.3) is 0 Å². The molecule has 7 heteroatoms. The van der Waals surface area contributed by atoms with Crippen LogP contribution in [0.3, 0.4) is 0 Å². The van der Waals surface area contributed by atoms with E-state index in [0.29, 0.717) is 13.0 Å². The van der Waals surface area contributed by atoms with Crippen LogP contribution in [0.2, 0.25) is 0 Å². The number of ether oxygens (including phenoxy) is 1. The third-order valence-corrected chi connectivity index (χ3v) is 3.35. The Balaban J connectivity index is 2.48. The standard InChI is InChI=1S/C14H18BrF4NO/c1-2-20-12(7-10-3-5-11(15)6-4-10)8-21-9-14(18,19)13(16)17/h3-6,12-13,20H,2,7-9H2,1H3. The van der Waals surface area contributed by atoms with Gasteiger partial charge in [0.05, 0.1) is 6.61 Å². The summed E-state index contributed by atoms with van der Waals surface area (Å²) in [4.78, 5) is 0. The fourth-order valence-corrected chi connectivity index (χ4v) is 2.05. The third kappa shape index (κ3) is 6.76. The van der Waals surface area contributed by atoms with Crippen LogP contribution in [0, 0.1) is 0 Å². The molecule has 0 radical (unpaired) electrons. The maximum Gasteiger partial charge on any atom is 0.330 e. The second kappa shape index (κ2) is 8.70. The molecule has 0 amide bonds. The average Bonchev–Trinajstić information content (AvgIpc) is 2.41. The molecular formula is C14H18BrF4NO. The van der Waals surface area contributed by atoms with Crippen molar-refractivity contribution in [2.45, 2.75) is 31.7 Å². The van der Waals surface area contributed by atoms with E-state index in [1.165, 1.54) is 0 Å². The smallest absolute Gasteiger partial charge is 0.330 e. The third-order valence-electron chi connectivity index (χ3n) is 2.82. The molecule has 1 atom stereocenters. The topological polar surface area (TPSA) is 21.3 Å². The molecule has 1 N–H and O–H groups in total. The highest BCUT2D eigenvalue weighted by atomic mass is 79.9. The van der Waals surface area contributed by atoms with Gasteiger partial charge in [0.25, 0.3) is 0 Å². The zero-order valence-electron chi connectivity index (χ0n) is 11.6. The molecule has 2 nitrogen and oxygen atoms in total. The van der Waals surface area contributed by atoms with Gasteiger partial charge in [0.2, 0.25) is 0 Å². The summed E-state index contributed by atoms with van der Waals surface area (Å²) in [6, 6.07) is 7.36. The molecule has 1 aromatic rings. The quantitative estimate of drug-likeness (QED) is 0.665. The first-order chi connectivity index (χ1) is 9.85. The van der Waals surface area contributed by atoms with E-state index >= 15 is 0 Å². The van der Waals surface area contributed by atoms with Crippen LogP contribution < -0.4 is 5.32 Å². The molecule has 0 aliphatic carbocycles. The van der Waals surface area contributed by atoms with Crippen molar-refractivity contribution in [2.75, 3.05) is 19.8 Å². The van der Waals surface area contributed by atoms with Gasteiger partial charge in [0.15, 0.2) is 0 Å². The van der Waals surface area contributed by atoms with Crippen molar-refractivity contribution in [1.82, 2.24) is 5.32 Å². The van der Waals surface area contributed by atoms with Crippen LogP contribution in [-0.4, -0.2) is 38.1 Å². The molecule has 0 aromatic heterocycles. The molecule has 0 saturated heterocycles. The van der Waals surface area contributed by atoms with E-state index in [1.54, 1.807) is 0 Å². The zero-order valence-corrected chi connectivity index (χ0v) is 13.2. The zero-order chi connectivity index (χ0) is 15.9. The molecule has 1 unspecified atom stereocenters. The maximum atomic E-state index is 12.8. The van der Waals surface area contributed by atoms with E-state index < -0.39 is 19.0 Å². The summed E-state index contributed by atoms with van der Waals surface area (Å²) < 4.78 is 55.3. The Hall–Kier alpha value is -0.660. The van der Waals surface area contributed by atoms with Gasteiger partial charge in [0, 0.05) is 10.5 Å². The molecule has 0 spiro atoms. The minimum Gasteiger partial charge on any atom is -0.373 e. The average molecular weight is 372 g/mol. The van der Waals surface area contributed by atoms with E-state index in [1.807, 2.05) is 31.2 Å². The lowest BCUT2D eigenvalue weighted by molar-refractivity contribution is -0.167. The van der Waals surface area contributed by atoms with Crippen molar-refractivity contribution < 1.29 is 22.3 Å². The molecule has 0 bridgehead atoms. The molecule has 21 heavy (non-hydrogen) atoms. The Bertz CT molecular complexity index is 414. The van der Waals surface area contributed by atoms with Crippen LogP contribution in [-0.2, 0) is 11.2 Å². The monoisotopic (exact) mass is 371 g/mol. The molecule has 0 fully saturated rings. The number of benzene rings is 1. The van der Waals surface area contributed by atoms with E-state index in [9.17, 15) is 17.6 Å². The summed E-state index contributed by atoms with van der Waals surface area (Å²) in [6.07, 6.45) is -3.14. The van der Waals surface area contributed by atoms with Crippen molar-refractivity contribution in [3.63, 3.8) is 0 Å². The van der Waals surface area contributed by atoms with Crippen LogP contribution in [0.1, 0.15) is 12.5 Å². The number of alkyl halides is 4. The molecule has 1 rings (SSSR count). The lowest BCUT2D eigenvalue weighted by Crippen LogP contribution is -2.38. The Morgan fingerprint density at radius 3 is 2.38 bits per heavy atom. The summed E-state index contributed by atoms with van der Waals surface area (Å²) in [7, 11) is 0. The highest BCUT2D eigenvalue weighted by molar-refractivity contribution is 9.10. The van der Waals surface area contributed by atoms with E-state index in [2.05, 4.69) is 21.2 Å². The fraction of sp³-hybridized carbons (Fsp3) is 0.571. The highest BCUT2D eigenvalue weighted by Crippen LogP contribution is 2.23. The van der Waals surface area contributed by atoms with Gasteiger partial charge in [-0.1, -0.05) is 35.0 Å². The summed E-state index contributed by atoms with van der Waals surface area (Å²) in [5, 5.41) is 3.09. The molecule has 1 aromatic carbocycles. The number of nitrogens with one attached hydrogen (secondary N) is 1. The van der Waals surface area contributed by atoms with Crippen molar-refractivity contribution in [2.24, 2.45) is 0 Å². The SMILES string of the molecule is CCNC(COCC(F)(F)C(F)F)Cc1ccc(Br)cc1. The first-order valence-corrected chi connectivity index (χ1v) is 7.36. The summed E-state index contributed by atoms with van der Waals surface area (Å²) in [5.41, 5.74) is 1.01. The molecule has 120 valence electrons.